The molecule has 0 bridgehead atoms. The predicted octanol–water partition coefficient (Wildman–Crippen LogP) is 2.69. The number of nitrogens with zero attached hydrogens (tertiary/aromatic N) is 1. The molecule has 0 amide bonds. The fourth-order valence-corrected chi connectivity index (χ4v) is 1.44. The number of fused-ring (bicyclic) bond motifs is 1. The number of aromatic amines is 1. The van der Waals surface area contributed by atoms with Crippen LogP contribution in [-0.2, 0) is 0 Å². The molecule has 0 aliphatic heterocycles. The van der Waals surface area contributed by atoms with Crippen LogP contribution in [0.4, 0.5) is 0 Å². The summed E-state index contributed by atoms with van der Waals surface area (Å²) in [6, 6.07) is 4.11. The van der Waals surface area contributed by atoms with E-state index in [9.17, 15) is 0 Å². The molecule has 0 spiro atoms. The summed E-state index contributed by atoms with van der Waals surface area (Å²) in [5.74, 6) is 1.29. The van der Waals surface area contributed by atoms with Gasteiger partial charge in [-0.2, -0.15) is 0 Å². The maximum absolute atomic E-state index is 5.12. The van der Waals surface area contributed by atoms with Gasteiger partial charge in [0.25, 0.3) is 0 Å². The molecule has 0 atom stereocenters. The fraction of sp³-hybridized carbons (Fsp3) is 0.364. The molecule has 74 valence electrons. The zero-order chi connectivity index (χ0) is 10.1. The number of hydrogen-bond donors (Lipinski definition) is 1. The molecule has 0 aliphatic rings. The minimum atomic E-state index is 0.496. The summed E-state index contributed by atoms with van der Waals surface area (Å²) in [6.45, 7) is 4.31. The van der Waals surface area contributed by atoms with E-state index in [-0.39, 0.29) is 0 Å². The summed E-state index contributed by atoms with van der Waals surface area (Å²) in [5, 5.41) is 1.10. The molecule has 0 radical (unpaired) electrons. The first-order valence-electron chi connectivity index (χ1n) is 4.73. The molecule has 1 N–H and O–H groups in total. The van der Waals surface area contributed by atoms with E-state index in [0.29, 0.717) is 5.92 Å². The Morgan fingerprint density at radius 2 is 2.14 bits per heavy atom. The van der Waals surface area contributed by atoms with E-state index in [1.54, 1.807) is 13.3 Å². The molecule has 0 unspecified atom stereocenters. The highest BCUT2D eigenvalue weighted by Crippen LogP contribution is 2.22. The number of pyridine rings is 1. The van der Waals surface area contributed by atoms with Gasteiger partial charge < -0.3 is 9.72 Å². The second-order valence-corrected chi connectivity index (χ2v) is 3.69. The number of ether oxygens (including phenoxy) is 1. The molecule has 0 fully saturated rings. The topological polar surface area (TPSA) is 37.9 Å². The second-order valence-electron chi connectivity index (χ2n) is 3.69. The lowest BCUT2D eigenvalue weighted by molar-refractivity contribution is 0.413. The van der Waals surface area contributed by atoms with Crippen LogP contribution in [0.3, 0.4) is 0 Å². The Morgan fingerprint density at radius 1 is 1.36 bits per heavy atom. The third-order valence-corrected chi connectivity index (χ3v) is 2.32. The lowest BCUT2D eigenvalue weighted by atomic mass is 10.1. The summed E-state index contributed by atoms with van der Waals surface area (Å²) in [6.07, 6.45) is 1.73. The van der Waals surface area contributed by atoms with Gasteiger partial charge in [0.2, 0.25) is 0 Å². The van der Waals surface area contributed by atoms with E-state index in [4.69, 9.17) is 4.74 Å². The Kier molecular flexibility index (Phi) is 2.15. The summed E-state index contributed by atoms with van der Waals surface area (Å²) in [4.78, 5) is 7.55. The maximum atomic E-state index is 5.12. The van der Waals surface area contributed by atoms with Gasteiger partial charge in [-0.05, 0) is 18.1 Å². The lowest BCUT2D eigenvalue weighted by Gasteiger charge is -1.97. The van der Waals surface area contributed by atoms with E-state index < -0.39 is 0 Å². The van der Waals surface area contributed by atoms with Crippen molar-refractivity contribution >= 4 is 11.0 Å². The molecule has 2 heterocycles. The van der Waals surface area contributed by atoms with Crippen molar-refractivity contribution in [2.45, 2.75) is 19.8 Å². The van der Waals surface area contributed by atoms with Gasteiger partial charge >= 0.3 is 0 Å². The molecular formula is C11H14N2O. The molecule has 2 rings (SSSR count). The zero-order valence-corrected chi connectivity index (χ0v) is 8.66. The van der Waals surface area contributed by atoms with Crippen LogP contribution < -0.4 is 4.74 Å². The van der Waals surface area contributed by atoms with Crippen molar-refractivity contribution in [1.29, 1.82) is 0 Å². The van der Waals surface area contributed by atoms with Crippen molar-refractivity contribution in [3.8, 4) is 5.75 Å². The van der Waals surface area contributed by atoms with Gasteiger partial charge in [0, 0.05) is 11.1 Å². The number of methoxy groups -OCH3 is 1. The molecule has 14 heavy (non-hydrogen) atoms. The van der Waals surface area contributed by atoms with E-state index >= 15 is 0 Å². The van der Waals surface area contributed by atoms with Gasteiger partial charge in [0.15, 0.2) is 0 Å². The Morgan fingerprint density at radius 3 is 2.79 bits per heavy atom. The SMILES string of the molecule is COc1cnc2[nH]c(C(C)C)cc2c1. The van der Waals surface area contributed by atoms with Crippen molar-refractivity contribution in [2.75, 3.05) is 7.11 Å². The second kappa shape index (κ2) is 3.33. The first kappa shape index (κ1) is 9.06. The highest BCUT2D eigenvalue weighted by Gasteiger charge is 2.05. The Hall–Kier alpha value is -1.51. The largest absolute Gasteiger partial charge is 0.495 e. The number of nitrogens with one attached hydrogen (secondary N) is 1. The summed E-state index contributed by atoms with van der Waals surface area (Å²) >= 11 is 0. The molecule has 0 saturated carbocycles. The molecule has 0 aromatic carbocycles. The van der Waals surface area contributed by atoms with E-state index in [0.717, 1.165) is 16.8 Å². The Bertz CT molecular complexity index is 445. The van der Waals surface area contributed by atoms with Crippen LogP contribution in [0.25, 0.3) is 11.0 Å². The van der Waals surface area contributed by atoms with Crippen molar-refractivity contribution < 1.29 is 4.74 Å². The lowest BCUT2D eigenvalue weighted by Crippen LogP contribution is -1.85. The first-order chi connectivity index (χ1) is 6.70. The van der Waals surface area contributed by atoms with Gasteiger partial charge in [-0.15, -0.1) is 0 Å². The Balaban J connectivity index is 2.54. The third-order valence-electron chi connectivity index (χ3n) is 2.32. The van der Waals surface area contributed by atoms with E-state index in [2.05, 4.69) is 29.9 Å². The highest BCUT2D eigenvalue weighted by atomic mass is 16.5. The van der Waals surface area contributed by atoms with Crippen LogP contribution in [0.5, 0.6) is 5.75 Å². The number of rotatable bonds is 2. The summed E-state index contributed by atoms with van der Waals surface area (Å²) in [5.41, 5.74) is 2.13. The molecule has 0 aliphatic carbocycles. The van der Waals surface area contributed by atoms with Crippen LogP contribution in [-0.4, -0.2) is 17.1 Å². The quantitative estimate of drug-likeness (QED) is 0.790. The van der Waals surface area contributed by atoms with Crippen molar-refractivity contribution in [1.82, 2.24) is 9.97 Å². The first-order valence-corrected chi connectivity index (χ1v) is 4.73. The highest BCUT2D eigenvalue weighted by molar-refractivity contribution is 5.78. The Labute approximate surface area is 83.1 Å². The van der Waals surface area contributed by atoms with E-state index in [1.165, 1.54) is 5.69 Å². The zero-order valence-electron chi connectivity index (χ0n) is 8.66. The normalized spacial score (nSPS) is 11.1. The molecule has 0 saturated heterocycles. The smallest absolute Gasteiger partial charge is 0.137 e. The minimum absolute atomic E-state index is 0.496. The monoisotopic (exact) mass is 190 g/mol. The average Bonchev–Trinajstić information content (AvgIpc) is 2.59. The minimum Gasteiger partial charge on any atom is -0.495 e. The van der Waals surface area contributed by atoms with Crippen LogP contribution in [0, 0.1) is 0 Å². The van der Waals surface area contributed by atoms with Crippen molar-refractivity contribution in [3.63, 3.8) is 0 Å². The van der Waals surface area contributed by atoms with Gasteiger partial charge in [-0.25, -0.2) is 4.98 Å². The molecular weight excluding hydrogens is 176 g/mol. The van der Waals surface area contributed by atoms with Gasteiger partial charge in [0.1, 0.15) is 11.4 Å². The van der Waals surface area contributed by atoms with Crippen molar-refractivity contribution in [3.05, 3.63) is 24.0 Å². The maximum Gasteiger partial charge on any atom is 0.137 e. The van der Waals surface area contributed by atoms with Crippen LogP contribution in [0.1, 0.15) is 25.5 Å². The van der Waals surface area contributed by atoms with E-state index in [1.807, 2.05) is 6.07 Å². The van der Waals surface area contributed by atoms with Gasteiger partial charge in [-0.1, -0.05) is 13.8 Å². The summed E-state index contributed by atoms with van der Waals surface area (Å²) in [7, 11) is 1.65. The molecule has 2 aromatic rings. The van der Waals surface area contributed by atoms with Gasteiger partial charge in [0.05, 0.1) is 13.3 Å². The standard InChI is InChI=1S/C11H14N2O/c1-7(2)10-5-8-4-9(14-3)6-12-11(8)13-10/h4-7H,1-3H3,(H,12,13). The summed E-state index contributed by atoms with van der Waals surface area (Å²) < 4.78 is 5.12. The number of aromatic nitrogens is 2. The molecule has 2 aromatic heterocycles. The van der Waals surface area contributed by atoms with Crippen LogP contribution in [0.2, 0.25) is 0 Å². The number of hydrogen-bond acceptors (Lipinski definition) is 2. The van der Waals surface area contributed by atoms with Crippen LogP contribution >= 0.6 is 0 Å². The molecule has 3 nitrogen and oxygen atoms in total. The van der Waals surface area contributed by atoms with Gasteiger partial charge in [-0.3, -0.25) is 0 Å². The average molecular weight is 190 g/mol. The predicted molar refractivity (Wildman–Crippen MR) is 56.7 cm³/mol. The van der Waals surface area contributed by atoms with Crippen molar-refractivity contribution in [2.24, 2.45) is 0 Å². The third kappa shape index (κ3) is 1.45. The number of H-pyrrole nitrogens is 1. The fourth-order valence-electron chi connectivity index (χ4n) is 1.44. The molecule has 3 heteroatoms. The van der Waals surface area contributed by atoms with Crippen LogP contribution in [0.15, 0.2) is 18.3 Å².